The fraction of sp³-hybridized carbons (Fsp3) is 0.933. The molecular formula is C15H28N2O2. The third-order valence-electron chi connectivity index (χ3n) is 4.39. The van der Waals surface area contributed by atoms with Crippen molar-refractivity contribution in [3.8, 4) is 0 Å². The Morgan fingerprint density at radius 1 is 1.21 bits per heavy atom. The van der Waals surface area contributed by atoms with Crippen molar-refractivity contribution in [3.63, 3.8) is 0 Å². The van der Waals surface area contributed by atoms with Crippen molar-refractivity contribution in [2.75, 3.05) is 26.2 Å². The van der Waals surface area contributed by atoms with Gasteiger partial charge < -0.3 is 10.1 Å². The number of carbonyl (C=O) groups is 1. The van der Waals surface area contributed by atoms with Crippen LogP contribution in [0.5, 0.6) is 0 Å². The summed E-state index contributed by atoms with van der Waals surface area (Å²) in [6.45, 7) is 5.08. The minimum atomic E-state index is -0.0712. The van der Waals surface area contributed by atoms with Gasteiger partial charge in [-0.05, 0) is 19.8 Å². The molecular weight excluding hydrogens is 240 g/mol. The quantitative estimate of drug-likeness (QED) is 0.794. The summed E-state index contributed by atoms with van der Waals surface area (Å²) in [5, 5.41) is 3.33. The SMILES string of the molecule is CCOC(=O)C1CNCCN1C1CCCCCCC1. The summed E-state index contributed by atoms with van der Waals surface area (Å²) in [7, 11) is 0. The number of carbonyl (C=O) groups excluding carboxylic acids is 1. The molecule has 0 aromatic carbocycles. The number of rotatable bonds is 3. The smallest absolute Gasteiger partial charge is 0.324 e. The number of nitrogens with one attached hydrogen (secondary N) is 1. The van der Waals surface area contributed by atoms with E-state index < -0.39 is 0 Å². The van der Waals surface area contributed by atoms with Gasteiger partial charge in [-0.25, -0.2) is 0 Å². The number of hydrogen-bond acceptors (Lipinski definition) is 4. The highest BCUT2D eigenvalue weighted by Crippen LogP contribution is 2.24. The zero-order chi connectivity index (χ0) is 13.5. The van der Waals surface area contributed by atoms with Gasteiger partial charge in [0, 0.05) is 25.7 Å². The number of nitrogens with zero attached hydrogens (tertiary/aromatic N) is 1. The summed E-state index contributed by atoms with van der Waals surface area (Å²) in [6.07, 6.45) is 9.20. The number of hydrogen-bond donors (Lipinski definition) is 1. The van der Waals surface area contributed by atoms with E-state index in [2.05, 4.69) is 10.2 Å². The Hall–Kier alpha value is -0.610. The molecule has 0 amide bonds. The number of esters is 1. The largest absolute Gasteiger partial charge is 0.465 e. The first kappa shape index (κ1) is 14.8. The van der Waals surface area contributed by atoms with Crippen molar-refractivity contribution in [2.24, 2.45) is 0 Å². The van der Waals surface area contributed by atoms with Crippen LogP contribution in [0.1, 0.15) is 51.9 Å². The van der Waals surface area contributed by atoms with E-state index in [9.17, 15) is 4.79 Å². The minimum absolute atomic E-state index is 0.0447. The average molecular weight is 268 g/mol. The molecule has 1 aliphatic heterocycles. The maximum Gasteiger partial charge on any atom is 0.324 e. The van der Waals surface area contributed by atoms with Crippen LogP contribution in [0.3, 0.4) is 0 Å². The zero-order valence-corrected chi connectivity index (χ0v) is 12.2. The van der Waals surface area contributed by atoms with E-state index in [1.54, 1.807) is 0 Å². The first-order valence-corrected chi connectivity index (χ1v) is 7.96. The molecule has 4 nitrogen and oxygen atoms in total. The minimum Gasteiger partial charge on any atom is -0.465 e. The summed E-state index contributed by atoms with van der Waals surface area (Å²) in [4.78, 5) is 14.5. The standard InChI is InChI=1S/C15H28N2O2/c1-2-19-15(18)14-12-16-10-11-17(14)13-8-6-4-3-5-7-9-13/h13-14,16H,2-12H2,1H3. The summed E-state index contributed by atoms with van der Waals surface area (Å²) in [5.41, 5.74) is 0. The van der Waals surface area contributed by atoms with Gasteiger partial charge in [-0.1, -0.05) is 32.1 Å². The number of piperazine rings is 1. The average Bonchev–Trinajstić information content (AvgIpc) is 2.39. The van der Waals surface area contributed by atoms with Gasteiger partial charge in [0.1, 0.15) is 6.04 Å². The molecule has 0 aromatic heterocycles. The van der Waals surface area contributed by atoms with E-state index in [-0.39, 0.29) is 12.0 Å². The monoisotopic (exact) mass is 268 g/mol. The Bertz CT molecular complexity index is 275. The summed E-state index contributed by atoms with van der Waals surface area (Å²) in [6, 6.07) is 0.509. The van der Waals surface area contributed by atoms with Crippen LogP contribution >= 0.6 is 0 Å². The fourth-order valence-electron chi connectivity index (χ4n) is 3.38. The lowest BCUT2D eigenvalue weighted by molar-refractivity contribution is -0.151. The normalized spacial score (nSPS) is 27.5. The lowest BCUT2D eigenvalue weighted by atomic mass is 9.94. The molecule has 19 heavy (non-hydrogen) atoms. The lowest BCUT2D eigenvalue weighted by Gasteiger charge is -2.40. The van der Waals surface area contributed by atoms with Crippen LogP contribution in [0.25, 0.3) is 0 Å². The molecule has 1 N–H and O–H groups in total. The van der Waals surface area contributed by atoms with E-state index in [0.29, 0.717) is 12.6 Å². The molecule has 2 fully saturated rings. The van der Waals surface area contributed by atoms with Gasteiger partial charge in [0.15, 0.2) is 0 Å². The van der Waals surface area contributed by atoms with Gasteiger partial charge in [0.25, 0.3) is 0 Å². The van der Waals surface area contributed by atoms with Gasteiger partial charge in [-0.15, -0.1) is 0 Å². The second-order valence-corrected chi connectivity index (χ2v) is 5.71. The van der Waals surface area contributed by atoms with Crippen LogP contribution in [0.4, 0.5) is 0 Å². The predicted molar refractivity (Wildman–Crippen MR) is 76.1 cm³/mol. The maximum atomic E-state index is 12.1. The molecule has 2 aliphatic rings. The molecule has 0 aromatic rings. The van der Waals surface area contributed by atoms with Gasteiger partial charge in [-0.2, -0.15) is 0 Å². The predicted octanol–water partition coefficient (Wildman–Crippen LogP) is 1.94. The Morgan fingerprint density at radius 2 is 1.89 bits per heavy atom. The molecule has 1 unspecified atom stereocenters. The topological polar surface area (TPSA) is 41.6 Å². The van der Waals surface area contributed by atoms with Crippen LogP contribution in [0, 0.1) is 0 Å². The molecule has 1 saturated carbocycles. The molecule has 1 heterocycles. The molecule has 0 spiro atoms. The van der Waals surface area contributed by atoms with Crippen LogP contribution in [-0.4, -0.2) is 49.2 Å². The van der Waals surface area contributed by atoms with E-state index in [1.165, 1.54) is 44.9 Å². The first-order valence-electron chi connectivity index (χ1n) is 7.96. The molecule has 4 heteroatoms. The maximum absolute atomic E-state index is 12.1. The van der Waals surface area contributed by atoms with Crippen molar-refractivity contribution in [1.82, 2.24) is 10.2 Å². The van der Waals surface area contributed by atoms with Crippen molar-refractivity contribution >= 4 is 5.97 Å². The highest BCUT2D eigenvalue weighted by molar-refractivity contribution is 5.76. The molecule has 1 saturated heterocycles. The molecule has 0 bridgehead atoms. The Kier molecular flexibility index (Phi) is 6.11. The first-order chi connectivity index (χ1) is 9.33. The second kappa shape index (κ2) is 7.85. The molecule has 2 rings (SSSR count). The van der Waals surface area contributed by atoms with Gasteiger partial charge >= 0.3 is 5.97 Å². The van der Waals surface area contributed by atoms with Crippen LogP contribution in [0.2, 0.25) is 0 Å². The van der Waals surface area contributed by atoms with Crippen LogP contribution in [0.15, 0.2) is 0 Å². The molecule has 0 radical (unpaired) electrons. The summed E-state index contributed by atoms with van der Waals surface area (Å²) < 4.78 is 5.24. The van der Waals surface area contributed by atoms with Crippen molar-refractivity contribution < 1.29 is 9.53 Å². The van der Waals surface area contributed by atoms with Gasteiger partial charge in [-0.3, -0.25) is 9.69 Å². The second-order valence-electron chi connectivity index (χ2n) is 5.71. The van der Waals surface area contributed by atoms with Crippen LogP contribution in [-0.2, 0) is 9.53 Å². The van der Waals surface area contributed by atoms with E-state index in [4.69, 9.17) is 4.74 Å². The zero-order valence-electron chi connectivity index (χ0n) is 12.2. The van der Waals surface area contributed by atoms with Gasteiger partial charge in [0.2, 0.25) is 0 Å². The lowest BCUT2D eigenvalue weighted by Crippen LogP contribution is -2.58. The Labute approximate surface area is 116 Å². The van der Waals surface area contributed by atoms with Gasteiger partial charge in [0.05, 0.1) is 6.61 Å². The van der Waals surface area contributed by atoms with Crippen molar-refractivity contribution in [3.05, 3.63) is 0 Å². The van der Waals surface area contributed by atoms with Crippen LogP contribution < -0.4 is 5.32 Å². The van der Waals surface area contributed by atoms with E-state index in [0.717, 1.165) is 19.6 Å². The van der Waals surface area contributed by atoms with Crippen molar-refractivity contribution in [1.29, 1.82) is 0 Å². The Balaban J connectivity index is 1.98. The highest BCUT2D eigenvalue weighted by Gasteiger charge is 2.34. The number of ether oxygens (including phenoxy) is 1. The summed E-state index contributed by atoms with van der Waals surface area (Å²) in [5.74, 6) is -0.0447. The molecule has 1 aliphatic carbocycles. The Morgan fingerprint density at radius 3 is 2.58 bits per heavy atom. The third-order valence-corrected chi connectivity index (χ3v) is 4.39. The highest BCUT2D eigenvalue weighted by atomic mass is 16.5. The van der Waals surface area contributed by atoms with E-state index >= 15 is 0 Å². The van der Waals surface area contributed by atoms with E-state index in [1.807, 2.05) is 6.92 Å². The van der Waals surface area contributed by atoms with Crippen molar-refractivity contribution in [2.45, 2.75) is 64.0 Å². The fourth-order valence-corrected chi connectivity index (χ4v) is 3.38. The molecule has 110 valence electrons. The third kappa shape index (κ3) is 4.18. The summed E-state index contributed by atoms with van der Waals surface area (Å²) >= 11 is 0. The molecule has 1 atom stereocenters.